The van der Waals surface area contributed by atoms with Crippen molar-refractivity contribution in [3.8, 4) is 16.9 Å². The maximum atomic E-state index is 13.7. The number of ether oxygens (including phenoxy) is 1. The Morgan fingerprint density at radius 3 is 2.29 bits per heavy atom. The quantitative estimate of drug-likeness (QED) is 0.377. The van der Waals surface area contributed by atoms with E-state index in [-0.39, 0.29) is 5.91 Å². The zero-order valence-electron chi connectivity index (χ0n) is 17.4. The van der Waals surface area contributed by atoms with Gasteiger partial charge in [-0.25, -0.2) is 0 Å². The van der Waals surface area contributed by atoms with Crippen LogP contribution in [0.25, 0.3) is 11.1 Å². The third-order valence-electron chi connectivity index (χ3n) is 5.07. The van der Waals surface area contributed by atoms with Crippen LogP contribution in [0.1, 0.15) is 22.8 Å². The van der Waals surface area contributed by atoms with E-state index in [1.165, 1.54) is 0 Å². The summed E-state index contributed by atoms with van der Waals surface area (Å²) in [4.78, 5) is 19.6. The number of rotatable bonds is 7. The number of nitrogens with zero attached hydrogens (tertiary/aromatic N) is 2. The largest absolute Gasteiger partial charge is 0.493 e. The van der Waals surface area contributed by atoms with Crippen LogP contribution in [-0.2, 0) is 6.54 Å². The maximum absolute atomic E-state index is 13.7. The molecule has 0 aliphatic rings. The highest BCUT2D eigenvalue weighted by Crippen LogP contribution is 2.29. The molecule has 0 atom stereocenters. The summed E-state index contributed by atoms with van der Waals surface area (Å²) in [5, 5.41) is 0. The number of amides is 1. The summed E-state index contributed by atoms with van der Waals surface area (Å²) >= 11 is 0. The second-order valence-electron chi connectivity index (χ2n) is 7.05. The van der Waals surface area contributed by atoms with E-state index in [0.717, 1.165) is 22.4 Å². The highest BCUT2D eigenvalue weighted by molar-refractivity contribution is 6.07. The van der Waals surface area contributed by atoms with Crippen molar-refractivity contribution in [1.82, 2.24) is 4.98 Å². The fraction of sp³-hybridized carbons (Fsp3) is 0.111. The highest BCUT2D eigenvalue weighted by Gasteiger charge is 2.22. The SMILES string of the molecule is CCOc1ccccc1C(=O)N(Cc1ccccc1-c1ccccc1)c1ccncc1. The topological polar surface area (TPSA) is 42.4 Å². The summed E-state index contributed by atoms with van der Waals surface area (Å²) in [5.41, 5.74) is 4.61. The van der Waals surface area contributed by atoms with Crippen molar-refractivity contribution in [2.45, 2.75) is 13.5 Å². The van der Waals surface area contributed by atoms with Gasteiger partial charge in [0.25, 0.3) is 5.91 Å². The van der Waals surface area contributed by atoms with E-state index in [9.17, 15) is 4.79 Å². The van der Waals surface area contributed by atoms with E-state index in [4.69, 9.17) is 4.74 Å². The second-order valence-corrected chi connectivity index (χ2v) is 7.05. The molecule has 0 aliphatic heterocycles. The van der Waals surface area contributed by atoms with Crippen molar-refractivity contribution in [3.05, 3.63) is 115 Å². The van der Waals surface area contributed by atoms with E-state index in [2.05, 4.69) is 29.2 Å². The van der Waals surface area contributed by atoms with Crippen LogP contribution in [-0.4, -0.2) is 17.5 Å². The Morgan fingerprint density at radius 1 is 0.839 bits per heavy atom. The molecule has 4 aromatic rings. The van der Waals surface area contributed by atoms with Gasteiger partial charge in [0.2, 0.25) is 0 Å². The van der Waals surface area contributed by atoms with Crippen LogP contribution in [0, 0.1) is 0 Å². The Balaban J connectivity index is 1.76. The van der Waals surface area contributed by atoms with Crippen molar-refractivity contribution >= 4 is 11.6 Å². The van der Waals surface area contributed by atoms with Crippen molar-refractivity contribution in [2.75, 3.05) is 11.5 Å². The number of carbonyl (C=O) groups excluding carboxylic acids is 1. The van der Waals surface area contributed by atoms with Crippen molar-refractivity contribution < 1.29 is 9.53 Å². The van der Waals surface area contributed by atoms with Crippen LogP contribution >= 0.6 is 0 Å². The lowest BCUT2D eigenvalue weighted by atomic mass is 9.99. The molecule has 4 rings (SSSR count). The molecule has 0 spiro atoms. The van der Waals surface area contributed by atoms with Gasteiger partial charge in [0.1, 0.15) is 5.75 Å². The maximum Gasteiger partial charge on any atom is 0.262 e. The lowest BCUT2D eigenvalue weighted by Gasteiger charge is -2.25. The first-order chi connectivity index (χ1) is 15.3. The lowest BCUT2D eigenvalue weighted by molar-refractivity contribution is 0.0981. The summed E-state index contributed by atoms with van der Waals surface area (Å²) in [6, 6.07) is 29.5. The molecule has 0 N–H and O–H groups in total. The average Bonchev–Trinajstić information content (AvgIpc) is 2.84. The molecule has 1 amide bonds. The molecule has 4 nitrogen and oxygen atoms in total. The highest BCUT2D eigenvalue weighted by atomic mass is 16.5. The minimum absolute atomic E-state index is 0.113. The van der Waals surface area contributed by atoms with Crippen molar-refractivity contribution in [2.24, 2.45) is 0 Å². The minimum Gasteiger partial charge on any atom is -0.493 e. The number of benzene rings is 3. The zero-order valence-corrected chi connectivity index (χ0v) is 17.4. The van der Waals surface area contributed by atoms with E-state index >= 15 is 0 Å². The van der Waals surface area contributed by atoms with E-state index in [1.54, 1.807) is 17.3 Å². The van der Waals surface area contributed by atoms with Gasteiger partial charge in [-0.15, -0.1) is 0 Å². The van der Waals surface area contributed by atoms with Gasteiger partial charge < -0.3 is 9.64 Å². The van der Waals surface area contributed by atoms with Crippen LogP contribution in [0.5, 0.6) is 5.75 Å². The summed E-state index contributed by atoms with van der Waals surface area (Å²) in [5.74, 6) is 0.475. The van der Waals surface area contributed by atoms with Gasteiger partial charge in [0.05, 0.1) is 18.7 Å². The van der Waals surface area contributed by atoms with Crippen LogP contribution < -0.4 is 9.64 Å². The van der Waals surface area contributed by atoms with Crippen LogP contribution in [0.2, 0.25) is 0 Å². The van der Waals surface area contributed by atoms with E-state index in [0.29, 0.717) is 24.5 Å². The number of carbonyl (C=O) groups is 1. The Morgan fingerprint density at radius 2 is 1.52 bits per heavy atom. The molecule has 154 valence electrons. The zero-order chi connectivity index (χ0) is 21.5. The first-order valence-electron chi connectivity index (χ1n) is 10.3. The molecular formula is C27H24N2O2. The van der Waals surface area contributed by atoms with Gasteiger partial charge in [-0.3, -0.25) is 9.78 Å². The lowest BCUT2D eigenvalue weighted by Crippen LogP contribution is -2.31. The predicted octanol–water partition coefficient (Wildman–Crippen LogP) is 5.99. The van der Waals surface area contributed by atoms with E-state index < -0.39 is 0 Å². The molecule has 0 aliphatic carbocycles. The van der Waals surface area contributed by atoms with Gasteiger partial charge in [0.15, 0.2) is 0 Å². The third-order valence-corrected chi connectivity index (χ3v) is 5.07. The standard InChI is InChI=1S/C27H24N2O2/c1-2-31-26-15-9-8-14-25(26)27(30)29(23-16-18-28-19-17-23)20-22-12-6-7-13-24(22)21-10-4-3-5-11-21/h3-19H,2,20H2,1H3. The van der Waals surface area contributed by atoms with Crippen molar-refractivity contribution in [1.29, 1.82) is 0 Å². The molecule has 0 saturated heterocycles. The molecule has 4 heteroatoms. The molecule has 0 unspecified atom stereocenters. The number of anilines is 1. The molecule has 0 fully saturated rings. The molecular weight excluding hydrogens is 384 g/mol. The number of pyridine rings is 1. The number of aromatic nitrogens is 1. The van der Waals surface area contributed by atoms with E-state index in [1.807, 2.05) is 73.7 Å². The minimum atomic E-state index is -0.113. The molecule has 0 saturated carbocycles. The molecule has 31 heavy (non-hydrogen) atoms. The fourth-order valence-corrected chi connectivity index (χ4v) is 3.60. The Hall–Kier alpha value is -3.92. The summed E-state index contributed by atoms with van der Waals surface area (Å²) in [6.07, 6.45) is 3.40. The van der Waals surface area contributed by atoms with Crippen LogP contribution in [0.3, 0.4) is 0 Å². The number of para-hydroxylation sites is 1. The molecule has 1 heterocycles. The number of hydrogen-bond donors (Lipinski definition) is 0. The summed E-state index contributed by atoms with van der Waals surface area (Å²) in [6.45, 7) is 2.84. The van der Waals surface area contributed by atoms with Gasteiger partial charge in [-0.05, 0) is 47.9 Å². The van der Waals surface area contributed by atoms with Crippen molar-refractivity contribution in [3.63, 3.8) is 0 Å². The Labute approximate surface area is 182 Å². The predicted molar refractivity (Wildman–Crippen MR) is 124 cm³/mol. The fourth-order valence-electron chi connectivity index (χ4n) is 3.60. The average molecular weight is 409 g/mol. The van der Waals surface area contributed by atoms with Crippen LogP contribution in [0.15, 0.2) is 103 Å². The Kier molecular flexibility index (Phi) is 6.38. The first-order valence-corrected chi connectivity index (χ1v) is 10.3. The molecule has 0 radical (unpaired) electrons. The molecule has 1 aromatic heterocycles. The van der Waals surface area contributed by atoms with Gasteiger partial charge in [0, 0.05) is 18.1 Å². The van der Waals surface area contributed by atoms with Crippen LogP contribution in [0.4, 0.5) is 5.69 Å². The first kappa shape index (κ1) is 20.4. The third kappa shape index (κ3) is 4.64. The summed E-state index contributed by atoms with van der Waals surface area (Å²) in [7, 11) is 0. The van der Waals surface area contributed by atoms with Gasteiger partial charge >= 0.3 is 0 Å². The normalized spacial score (nSPS) is 10.5. The summed E-state index contributed by atoms with van der Waals surface area (Å²) < 4.78 is 5.73. The number of hydrogen-bond acceptors (Lipinski definition) is 3. The monoisotopic (exact) mass is 408 g/mol. The molecule has 3 aromatic carbocycles. The van der Waals surface area contributed by atoms with Gasteiger partial charge in [-0.1, -0.05) is 66.7 Å². The van der Waals surface area contributed by atoms with Gasteiger partial charge in [-0.2, -0.15) is 0 Å². The Bertz CT molecular complexity index is 1140. The smallest absolute Gasteiger partial charge is 0.262 e. The molecule has 0 bridgehead atoms. The second kappa shape index (κ2) is 9.72.